The molecule has 2 aromatic rings. The predicted octanol–water partition coefficient (Wildman–Crippen LogP) is 2.97. The maximum atomic E-state index is 4.37. The summed E-state index contributed by atoms with van der Waals surface area (Å²) in [5.74, 6) is 0. The van der Waals surface area contributed by atoms with E-state index >= 15 is 0 Å². The molecule has 0 aliphatic rings. The number of aromatic nitrogens is 2. The minimum Gasteiger partial charge on any atom is -0.313 e. The molecule has 0 fully saturated rings. The van der Waals surface area contributed by atoms with Gasteiger partial charge in [0.25, 0.3) is 0 Å². The van der Waals surface area contributed by atoms with Crippen LogP contribution in [0.3, 0.4) is 0 Å². The Hall–Kier alpha value is -1.13. The maximum Gasteiger partial charge on any atom is 0.0659 e. The minimum absolute atomic E-state index is 0.339. The van der Waals surface area contributed by atoms with Crippen LogP contribution in [0.15, 0.2) is 41.1 Å². The van der Waals surface area contributed by atoms with Crippen LogP contribution in [-0.2, 0) is 6.54 Å². The van der Waals surface area contributed by atoms with Crippen molar-refractivity contribution in [1.82, 2.24) is 15.1 Å². The number of benzene rings is 1. The van der Waals surface area contributed by atoms with Crippen molar-refractivity contribution in [2.75, 3.05) is 7.05 Å². The largest absolute Gasteiger partial charge is 0.313 e. The molecule has 0 aliphatic heterocycles. The number of nitrogens with zero attached hydrogens (tertiary/aromatic N) is 2. The first-order chi connectivity index (χ1) is 8.19. The highest BCUT2D eigenvalue weighted by atomic mass is 79.9. The summed E-state index contributed by atoms with van der Waals surface area (Å²) in [5, 5.41) is 7.58. The quantitative estimate of drug-likeness (QED) is 0.939. The zero-order valence-corrected chi connectivity index (χ0v) is 11.6. The molecule has 90 valence electrons. The van der Waals surface area contributed by atoms with E-state index < -0.39 is 0 Å². The van der Waals surface area contributed by atoms with Gasteiger partial charge in [-0.25, -0.2) is 0 Å². The van der Waals surface area contributed by atoms with Gasteiger partial charge in [-0.2, -0.15) is 5.10 Å². The molecule has 4 heteroatoms. The van der Waals surface area contributed by atoms with Crippen LogP contribution in [0, 0.1) is 0 Å². The fraction of sp³-hybridized carbons (Fsp3) is 0.308. The summed E-state index contributed by atoms with van der Waals surface area (Å²) in [6.07, 6.45) is 4.00. The van der Waals surface area contributed by atoms with Crippen LogP contribution in [0.2, 0.25) is 0 Å². The summed E-state index contributed by atoms with van der Waals surface area (Å²) in [6.45, 7) is 2.93. The topological polar surface area (TPSA) is 29.9 Å². The van der Waals surface area contributed by atoms with E-state index in [1.54, 1.807) is 0 Å². The van der Waals surface area contributed by atoms with Crippen molar-refractivity contribution in [1.29, 1.82) is 0 Å². The minimum atomic E-state index is 0.339. The Morgan fingerprint density at radius 1 is 1.47 bits per heavy atom. The molecular formula is C13H16BrN3. The van der Waals surface area contributed by atoms with Gasteiger partial charge in [0.2, 0.25) is 0 Å². The molecule has 0 aliphatic carbocycles. The van der Waals surface area contributed by atoms with E-state index in [1.165, 1.54) is 11.1 Å². The molecule has 17 heavy (non-hydrogen) atoms. The second kappa shape index (κ2) is 5.47. The van der Waals surface area contributed by atoms with Crippen molar-refractivity contribution in [3.63, 3.8) is 0 Å². The van der Waals surface area contributed by atoms with Gasteiger partial charge in [0.05, 0.1) is 12.7 Å². The van der Waals surface area contributed by atoms with Crippen molar-refractivity contribution >= 4 is 15.9 Å². The summed E-state index contributed by atoms with van der Waals surface area (Å²) in [4.78, 5) is 0. The van der Waals surface area contributed by atoms with Gasteiger partial charge < -0.3 is 5.32 Å². The Bertz CT molecular complexity index is 493. The van der Waals surface area contributed by atoms with Crippen LogP contribution in [0.1, 0.15) is 24.1 Å². The van der Waals surface area contributed by atoms with Crippen molar-refractivity contribution in [2.24, 2.45) is 0 Å². The number of rotatable bonds is 4. The van der Waals surface area contributed by atoms with Crippen molar-refractivity contribution in [3.8, 4) is 0 Å². The standard InChI is InChI=1S/C13H16BrN3/c1-10(15-2)12-7-16-17(9-12)8-11-4-3-5-13(14)6-11/h3-7,9-10,15H,8H2,1-2H3. The maximum absolute atomic E-state index is 4.37. The van der Waals surface area contributed by atoms with Gasteiger partial charge in [0, 0.05) is 22.3 Å². The van der Waals surface area contributed by atoms with Gasteiger partial charge in [0.1, 0.15) is 0 Å². The molecule has 1 aromatic heterocycles. The van der Waals surface area contributed by atoms with Crippen LogP contribution in [0.4, 0.5) is 0 Å². The summed E-state index contributed by atoms with van der Waals surface area (Å²) < 4.78 is 3.07. The molecule has 1 N–H and O–H groups in total. The number of nitrogens with one attached hydrogen (secondary N) is 1. The SMILES string of the molecule is CNC(C)c1cnn(Cc2cccc(Br)c2)c1. The second-order valence-electron chi connectivity index (χ2n) is 4.11. The normalized spacial score (nSPS) is 12.6. The highest BCUT2D eigenvalue weighted by Gasteiger charge is 2.05. The van der Waals surface area contributed by atoms with Gasteiger partial charge in [-0.3, -0.25) is 4.68 Å². The van der Waals surface area contributed by atoms with E-state index in [-0.39, 0.29) is 0 Å². The Balaban J connectivity index is 2.11. The van der Waals surface area contributed by atoms with Gasteiger partial charge >= 0.3 is 0 Å². The van der Waals surface area contributed by atoms with Gasteiger partial charge in [-0.1, -0.05) is 28.1 Å². The predicted molar refractivity (Wildman–Crippen MR) is 72.9 cm³/mol. The Kier molecular flexibility index (Phi) is 3.97. The average molecular weight is 294 g/mol. The molecule has 1 aromatic carbocycles. The molecule has 1 atom stereocenters. The lowest BCUT2D eigenvalue weighted by molar-refractivity contribution is 0.646. The third-order valence-electron chi connectivity index (χ3n) is 2.82. The Morgan fingerprint density at radius 3 is 3.00 bits per heavy atom. The van der Waals surface area contributed by atoms with Crippen LogP contribution in [-0.4, -0.2) is 16.8 Å². The first kappa shape index (κ1) is 12.3. The van der Waals surface area contributed by atoms with E-state index in [0.29, 0.717) is 6.04 Å². The molecule has 0 saturated heterocycles. The highest BCUT2D eigenvalue weighted by Crippen LogP contribution is 2.14. The van der Waals surface area contributed by atoms with Gasteiger partial charge in [-0.05, 0) is 31.7 Å². The van der Waals surface area contributed by atoms with E-state index in [9.17, 15) is 0 Å². The van der Waals surface area contributed by atoms with Crippen LogP contribution in [0.25, 0.3) is 0 Å². The van der Waals surface area contributed by atoms with Crippen molar-refractivity contribution in [2.45, 2.75) is 19.5 Å². The summed E-state index contributed by atoms with van der Waals surface area (Å²) >= 11 is 3.48. The smallest absolute Gasteiger partial charge is 0.0659 e. The van der Waals surface area contributed by atoms with E-state index in [1.807, 2.05) is 30.1 Å². The number of hydrogen-bond acceptors (Lipinski definition) is 2. The molecule has 0 bridgehead atoms. The molecule has 0 radical (unpaired) electrons. The lowest BCUT2D eigenvalue weighted by Crippen LogP contribution is -2.11. The molecule has 3 nitrogen and oxygen atoms in total. The fourth-order valence-electron chi connectivity index (χ4n) is 1.68. The first-order valence-corrected chi connectivity index (χ1v) is 6.42. The summed E-state index contributed by atoms with van der Waals surface area (Å²) in [5.41, 5.74) is 2.45. The summed E-state index contributed by atoms with van der Waals surface area (Å²) in [6, 6.07) is 8.63. The van der Waals surface area contributed by atoms with Crippen molar-refractivity contribution < 1.29 is 0 Å². The van der Waals surface area contributed by atoms with E-state index in [2.05, 4.69) is 51.6 Å². The zero-order chi connectivity index (χ0) is 12.3. The van der Waals surface area contributed by atoms with E-state index in [0.717, 1.165) is 11.0 Å². The Morgan fingerprint density at radius 2 is 2.29 bits per heavy atom. The number of hydrogen-bond donors (Lipinski definition) is 1. The molecule has 1 unspecified atom stereocenters. The van der Waals surface area contributed by atoms with E-state index in [4.69, 9.17) is 0 Å². The number of halogens is 1. The van der Waals surface area contributed by atoms with Gasteiger partial charge in [0.15, 0.2) is 0 Å². The van der Waals surface area contributed by atoms with Crippen LogP contribution >= 0.6 is 15.9 Å². The lowest BCUT2D eigenvalue weighted by Gasteiger charge is -2.06. The van der Waals surface area contributed by atoms with Gasteiger partial charge in [-0.15, -0.1) is 0 Å². The van der Waals surface area contributed by atoms with Crippen molar-refractivity contribution in [3.05, 3.63) is 52.3 Å². The highest BCUT2D eigenvalue weighted by molar-refractivity contribution is 9.10. The summed E-state index contributed by atoms with van der Waals surface area (Å²) in [7, 11) is 1.95. The molecule has 0 spiro atoms. The third kappa shape index (κ3) is 3.17. The molecule has 0 amide bonds. The van der Waals surface area contributed by atoms with Crippen LogP contribution in [0.5, 0.6) is 0 Å². The first-order valence-electron chi connectivity index (χ1n) is 5.63. The zero-order valence-electron chi connectivity index (χ0n) is 10.0. The second-order valence-corrected chi connectivity index (χ2v) is 5.03. The average Bonchev–Trinajstić information content (AvgIpc) is 2.76. The molecular weight excluding hydrogens is 278 g/mol. The molecule has 1 heterocycles. The van der Waals surface area contributed by atoms with Crippen LogP contribution < -0.4 is 5.32 Å². The molecule has 0 saturated carbocycles. The monoisotopic (exact) mass is 293 g/mol. The fourth-order valence-corrected chi connectivity index (χ4v) is 2.13. The molecule has 2 rings (SSSR count). The lowest BCUT2D eigenvalue weighted by atomic mass is 10.2. The Labute approximate surface area is 110 Å². The third-order valence-corrected chi connectivity index (χ3v) is 3.31.